The lowest BCUT2D eigenvalue weighted by atomic mass is 10.1. The molecule has 0 atom stereocenters. The molecule has 43 heavy (non-hydrogen) atoms. The summed E-state index contributed by atoms with van der Waals surface area (Å²) in [4.78, 5) is 32.6. The first-order valence-corrected chi connectivity index (χ1v) is 15.3. The number of nitrogens with two attached hydrogens (primary N) is 1. The number of ether oxygens (including phenoxy) is 1. The maximum Gasteiger partial charge on any atom is 0.259 e. The smallest absolute Gasteiger partial charge is 0.259 e. The third-order valence-electron chi connectivity index (χ3n) is 7.30. The predicted octanol–water partition coefficient (Wildman–Crippen LogP) is 3.30. The first kappa shape index (κ1) is 30.1. The molecule has 13 heteroatoms. The number of hydrogen-bond donors (Lipinski definition) is 2. The number of nitrogens with one attached hydrogen (secondary N) is 1. The zero-order chi connectivity index (χ0) is 30.7. The second kappa shape index (κ2) is 12.5. The van der Waals surface area contributed by atoms with Crippen molar-refractivity contribution in [3.05, 3.63) is 83.4 Å². The van der Waals surface area contributed by atoms with E-state index in [4.69, 9.17) is 10.5 Å². The van der Waals surface area contributed by atoms with E-state index < -0.39 is 21.8 Å². The maximum absolute atomic E-state index is 13.7. The van der Waals surface area contributed by atoms with Crippen molar-refractivity contribution in [2.75, 3.05) is 45.2 Å². The second-order valence-electron chi connectivity index (χ2n) is 10.4. The number of carbonyl (C=O) groups is 2. The van der Waals surface area contributed by atoms with E-state index in [1.54, 1.807) is 23.0 Å². The Morgan fingerprint density at radius 3 is 2.42 bits per heavy atom. The Morgan fingerprint density at radius 2 is 1.74 bits per heavy atom. The van der Waals surface area contributed by atoms with Gasteiger partial charge < -0.3 is 25.3 Å². The van der Waals surface area contributed by atoms with Crippen LogP contribution in [0.4, 0.5) is 10.1 Å². The Hall–Kier alpha value is -4.33. The Bertz CT molecular complexity index is 1770. The SMILES string of the molecule is CCCOc1ccc(S(=O)(=O)N2CCN(C)CC2)cc1C(=O)Nc1cc2ncn(Cc3ccc(F)cc3)c2cc1C(N)=O. The number of likely N-dealkylation sites (N-methyl/N-ethyl adjacent to an activating group) is 1. The van der Waals surface area contributed by atoms with Crippen LogP contribution in [0.25, 0.3) is 11.0 Å². The third-order valence-corrected chi connectivity index (χ3v) is 9.19. The molecule has 2 amide bonds. The highest BCUT2D eigenvalue weighted by atomic mass is 32.2. The molecule has 3 N–H and O–H groups in total. The Kier molecular flexibility index (Phi) is 8.76. The third kappa shape index (κ3) is 6.53. The summed E-state index contributed by atoms with van der Waals surface area (Å²) < 4.78 is 49.2. The minimum absolute atomic E-state index is 0.000934. The van der Waals surface area contributed by atoms with Crippen LogP contribution in [0.2, 0.25) is 0 Å². The average molecular weight is 609 g/mol. The minimum Gasteiger partial charge on any atom is -0.493 e. The van der Waals surface area contributed by atoms with E-state index in [0.29, 0.717) is 56.8 Å². The highest BCUT2D eigenvalue weighted by Gasteiger charge is 2.29. The monoisotopic (exact) mass is 608 g/mol. The Balaban J connectivity index is 1.48. The average Bonchev–Trinajstić information content (AvgIpc) is 3.38. The van der Waals surface area contributed by atoms with Crippen molar-refractivity contribution in [1.82, 2.24) is 18.8 Å². The van der Waals surface area contributed by atoms with Gasteiger partial charge in [0.05, 0.1) is 45.7 Å². The van der Waals surface area contributed by atoms with Gasteiger partial charge in [-0.3, -0.25) is 9.59 Å². The van der Waals surface area contributed by atoms with Crippen molar-refractivity contribution in [2.45, 2.75) is 24.8 Å². The van der Waals surface area contributed by atoms with Crippen LogP contribution in [0.3, 0.4) is 0 Å². The highest BCUT2D eigenvalue weighted by Crippen LogP contribution is 2.29. The van der Waals surface area contributed by atoms with Crippen LogP contribution >= 0.6 is 0 Å². The summed E-state index contributed by atoms with van der Waals surface area (Å²) in [6, 6.07) is 13.3. The van der Waals surface area contributed by atoms with E-state index in [9.17, 15) is 22.4 Å². The quantitative estimate of drug-likeness (QED) is 0.282. The van der Waals surface area contributed by atoms with Crippen molar-refractivity contribution < 1.29 is 27.1 Å². The molecule has 11 nitrogen and oxygen atoms in total. The fourth-order valence-electron chi connectivity index (χ4n) is 4.88. The van der Waals surface area contributed by atoms with Crippen molar-refractivity contribution >= 4 is 38.6 Å². The van der Waals surface area contributed by atoms with Gasteiger partial charge in [-0.2, -0.15) is 4.31 Å². The summed E-state index contributed by atoms with van der Waals surface area (Å²) in [7, 11) is -1.93. The summed E-state index contributed by atoms with van der Waals surface area (Å²) >= 11 is 0. The lowest BCUT2D eigenvalue weighted by Crippen LogP contribution is -2.47. The number of aromatic nitrogens is 2. The molecule has 5 rings (SSSR count). The first-order chi connectivity index (χ1) is 20.6. The van der Waals surface area contributed by atoms with Crippen LogP contribution in [0.5, 0.6) is 5.75 Å². The molecule has 3 aromatic carbocycles. The first-order valence-electron chi connectivity index (χ1n) is 13.9. The summed E-state index contributed by atoms with van der Waals surface area (Å²) in [6.45, 7) is 4.47. The fourth-order valence-corrected chi connectivity index (χ4v) is 6.33. The molecule has 1 aliphatic heterocycles. The van der Waals surface area contributed by atoms with Gasteiger partial charge >= 0.3 is 0 Å². The molecule has 0 radical (unpaired) electrons. The number of primary amides is 1. The lowest BCUT2D eigenvalue weighted by molar-refractivity contribution is 0.100. The molecular weight excluding hydrogens is 575 g/mol. The largest absolute Gasteiger partial charge is 0.493 e. The van der Waals surface area contributed by atoms with Crippen LogP contribution in [-0.2, 0) is 16.6 Å². The van der Waals surface area contributed by atoms with E-state index in [1.165, 1.54) is 46.8 Å². The minimum atomic E-state index is -3.86. The maximum atomic E-state index is 13.7. The Morgan fingerprint density at radius 1 is 1.02 bits per heavy atom. The zero-order valence-electron chi connectivity index (χ0n) is 23.9. The Labute approximate surface area is 249 Å². The number of halogens is 1. The summed E-state index contributed by atoms with van der Waals surface area (Å²) in [5.41, 5.74) is 7.75. The number of amides is 2. The highest BCUT2D eigenvalue weighted by molar-refractivity contribution is 7.89. The topological polar surface area (TPSA) is 140 Å². The molecule has 1 aromatic heterocycles. The number of carbonyl (C=O) groups excluding carboxylic acids is 2. The normalized spacial score (nSPS) is 14.6. The molecule has 2 heterocycles. The van der Waals surface area contributed by atoms with Gasteiger partial charge in [-0.15, -0.1) is 0 Å². The standard InChI is InChI=1S/C30H33FN6O5S/c1-3-14-42-28-9-8-22(43(40,41)37-12-10-35(2)11-13-37)15-24(28)30(39)34-25-17-26-27(16-23(25)29(32)38)36(19-33-26)18-20-4-6-21(31)7-5-20/h4-9,15-17,19H,3,10-14,18H2,1-2H3,(H2,32,38)(H,34,39). The van der Waals surface area contributed by atoms with Gasteiger partial charge in [0.2, 0.25) is 10.0 Å². The van der Waals surface area contributed by atoms with E-state index in [-0.39, 0.29) is 33.3 Å². The molecule has 0 aliphatic carbocycles. The number of sulfonamides is 1. The molecule has 1 saturated heterocycles. The van der Waals surface area contributed by atoms with Crippen molar-refractivity contribution in [3.8, 4) is 5.75 Å². The van der Waals surface area contributed by atoms with Gasteiger partial charge in [-0.25, -0.2) is 17.8 Å². The van der Waals surface area contributed by atoms with Crippen LogP contribution in [0, 0.1) is 5.82 Å². The van der Waals surface area contributed by atoms with Crippen molar-refractivity contribution in [3.63, 3.8) is 0 Å². The number of piperazine rings is 1. The molecule has 1 aliphatic rings. The number of rotatable bonds is 10. The molecule has 1 fully saturated rings. The number of benzene rings is 3. The van der Waals surface area contributed by atoms with Gasteiger partial charge in [0.1, 0.15) is 11.6 Å². The number of fused-ring (bicyclic) bond motifs is 1. The van der Waals surface area contributed by atoms with Crippen LogP contribution < -0.4 is 15.8 Å². The number of imidazole rings is 1. The van der Waals surface area contributed by atoms with Gasteiger partial charge in [-0.05, 0) is 61.5 Å². The number of nitrogens with zero attached hydrogens (tertiary/aromatic N) is 4. The van der Waals surface area contributed by atoms with Gasteiger partial charge in [0.15, 0.2) is 0 Å². The summed E-state index contributed by atoms with van der Waals surface area (Å²) in [5, 5.41) is 2.72. The van der Waals surface area contributed by atoms with E-state index in [1.807, 2.05) is 18.9 Å². The fraction of sp³-hybridized carbons (Fsp3) is 0.300. The van der Waals surface area contributed by atoms with Crippen LogP contribution in [0.1, 0.15) is 39.6 Å². The molecule has 0 spiro atoms. The molecule has 226 valence electrons. The predicted molar refractivity (Wildman–Crippen MR) is 160 cm³/mol. The molecule has 0 unspecified atom stereocenters. The lowest BCUT2D eigenvalue weighted by Gasteiger charge is -2.31. The van der Waals surface area contributed by atoms with Gasteiger partial charge in [-0.1, -0.05) is 19.1 Å². The van der Waals surface area contributed by atoms with Crippen LogP contribution in [-0.4, -0.2) is 78.8 Å². The number of hydrogen-bond acceptors (Lipinski definition) is 7. The second-order valence-corrected chi connectivity index (χ2v) is 12.4. The number of anilines is 1. The van der Waals surface area contributed by atoms with E-state index in [2.05, 4.69) is 10.3 Å². The van der Waals surface area contributed by atoms with Gasteiger partial charge in [0, 0.05) is 32.7 Å². The zero-order valence-corrected chi connectivity index (χ0v) is 24.7. The molecule has 4 aromatic rings. The van der Waals surface area contributed by atoms with Crippen LogP contribution in [0.15, 0.2) is 65.8 Å². The van der Waals surface area contributed by atoms with Crippen molar-refractivity contribution in [2.24, 2.45) is 5.73 Å². The summed E-state index contributed by atoms with van der Waals surface area (Å²) in [5.74, 6) is -1.59. The molecule has 0 bridgehead atoms. The van der Waals surface area contributed by atoms with Crippen molar-refractivity contribution in [1.29, 1.82) is 0 Å². The van der Waals surface area contributed by atoms with E-state index in [0.717, 1.165) is 5.56 Å². The van der Waals surface area contributed by atoms with Gasteiger partial charge in [0.25, 0.3) is 11.8 Å². The summed E-state index contributed by atoms with van der Waals surface area (Å²) in [6.07, 6.45) is 2.25. The molecular formula is C30H33FN6O5S. The molecule has 0 saturated carbocycles. The van der Waals surface area contributed by atoms with E-state index >= 15 is 0 Å².